The number of hydrogen-bond donors (Lipinski definition) is 1. The Labute approximate surface area is 203 Å². The van der Waals surface area contributed by atoms with Crippen molar-refractivity contribution in [1.29, 1.82) is 10.5 Å². The highest BCUT2D eigenvalue weighted by atomic mass is 16.5. The number of esters is 1. The van der Waals surface area contributed by atoms with Crippen LogP contribution in [0.1, 0.15) is 18.1 Å². The molecular weight excluding hydrogens is 450 g/mol. The van der Waals surface area contributed by atoms with E-state index in [9.17, 15) is 20.1 Å². The zero-order valence-electron chi connectivity index (χ0n) is 19.7. The minimum Gasteiger partial charge on any atom is -0.493 e. The predicted molar refractivity (Wildman–Crippen MR) is 128 cm³/mol. The van der Waals surface area contributed by atoms with Crippen molar-refractivity contribution in [1.82, 2.24) is 5.32 Å². The number of carbonyl (C=O) groups is 2. The topological polar surface area (TPSA) is 131 Å². The molecule has 35 heavy (non-hydrogen) atoms. The molecule has 0 saturated heterocycles. The van der Waals surface area contributed by atoms with Gasteiger partial charge in [0.05, 0.1) is 20.3 Å². The smallest absolute Gasteiger partial charge is 0.354 e. The molecule has 2 aromatic carbocycles. The molecule has 1 N–H and O–H groups in total. The van der Waals surface area contributed by atoms with Crippen molar-refractivity contribution in [2.24, 2.45) is 0 Å². The number of methoxy groups -OCH3 is 2. The Kier molecular flexibility index (Phi) is 10.5. The van der Waals surface area contributed by atoms with E-state index in [2.05, 4.69) is 5.32 Å². The Hall–Kier alpha value is -4.60. The zero-order chi connectivity index (χ0) is 25.6. The van der Waals surface area contributed by atoms with Crippen LogP contribution in [0.25, 0.3) is 12.2 Å². The molecule has 0 aliphatic heterocycles. The van der Waals surface area contributed by atoms with Gasteiger partial charge in [-0.1, -0.05) is 18.2 Å². The molecule has 1 amide bonds. The van der Waals surface area contributed by atoms with E-state index >= 15 is 0 Å². The summed E-state index contributed by atoms with van der Waals surface area (Å²) >= 11 is 0. The minimum atomic E-state index is -0.834. The summed E-state index contributed by atoms with van der Waals surface area (Å²) in [6, 6.07) is 14.9. The second kappa shape index (κ2) is 13.8. The number of amides is 1. The highest BCUT2D eigenvalue weighted by Gasteiger charge is 2.14. The Bertz CT molecular complexity index is 1190. The lowest BCUT2D eigenvalue weighted by atomic mass is 10.1. The van der Waals surface area contributed by atoms with Crippen LogP contribution in [-0.4, -0.2) is 45.9 Å². The van der Waals surface area contributed by atoms with Gasteiger partial charge in [0.25, 0.3) is 5.91 Å². The molecule has 0 saturated carbocycles. The summed E-state index contributed by atoms with van der Waals surface area (Å²) in [4.78, 5) is 24.5. The number of rotatable bonds is 11. The Morgan fingerprint density at radius 3 is 2.20 bits per heavy atom. The monoisotopic (exact) mass is 475 g/mol. The Morgan fingerprint density at radius 1 is 0.943 bits per heavy atom. The van der Waals surface area contributed by atoms with Gasteiger partial charge in [-0.05, 0) is 54.5 Å². The second-order valence-corrected chi connectivity index (χ2v) is 6.89. The number of nitrogens with zero attached hydrogens (tertiary/aromatic N) is 2. The number of ether oxygens (including phenoxy) is 4. The fourth-order valence-corrected chi connectivity index (χ4v) is 2.82. The third kappa shape index (κ3) is 8.04. The van der Waals surface area contributed by atoms with Crippen LogP contribution in [0.3, 0.4) is 0 Å². The first-order chi connectivity index (χ1) is 16.9. The normalized spacial score (nSPS) is 11.1. The lowest BCUT2D eigenvalue weighted by Crippen LogP contribution is -2.27. The van der Waals surface area contributed by atoms with Gasteiger partial charge in [0.1, 0.15) is 29.0 Å². The first kappa shape index (κ1) is 26.7. The quantitative estimate of drug-likeness (QED) is 0.172. The molecule has 2 aromatic rings. The van der Waals surface area contributed by atoms with Gasteiger partial charge in [-0.3, -0.25) is 4.79 Å². The van der Waals surface area contributed by atoms with Gasteiger partial charge in [-0.2, -0.15) is 10.5 Å². The summed E-state index contributed by atoms with van der Waals surface area (Å²) in [5, 5.41) is 21.3. The molecule has 0 atom stereocenters. The SMILES string of the molecule is CCOc1ccc(/C=C(\C#N)C(=O)Oc2ccc(/C=C(\C#N)C(=O)NCCOC)cc2)cc1OC. The van der Waals surface area contributed by atoms with Crippen molar-refractivity contribution in [3.05, 3.63) is 64.7 Å². The molecule has 2 rings (SSSR count). The van der Waals surface area contributed by atoms with Crippen molar-refractivity contribution in [3.8, 4) is 29.4 Å². The molecular formula is C26H25N3O6. The summed E-state index contributed by atoms with van der Waals surface area (Å²) in [7, 11) is 3.01. The Morgan fingerprint density at radius 2 is 1.60 bits per heavy atom. The lowest BCUT2D eigenvalue weighted by molar-refractivity contribution is -0.129. The van der Waals surface area contributed by atoms with E-state index in [1.54, 1.807) is 30.3 Å². The fraction of sp³-hybridized carbons (Fsp3) is 0.231. The number of hydrogen-bond acceptors (Lipinski definition) is 8. The molecule has 0 heterocycles. The van der Waals surface area contributed by atoms with Crippen molar-refractivity contribution < 1.29 is 28.5 Å². The highest BCUT2D eigenvalue weighted by Crippen LogP contribution is 2.29. The predicted octanol–water partition coefficient (Wildman–Crippen LogP) is 3.28. The molecule has 0 fully saturated rings. The van der Waals surface area contributed by atoms with E-state index in [0.717, 1.165) is 0 Å². The van der Waals surface area contributed by atoms with Crippen LogP contribution in [0.15, 0.2) is 53.6 Å². The Balaban J connectivity index is 2.12. The van der Waals surface area contributed by atoms with E-state index in [0.29, 0.717) is 35.8 Å². The fourth-order valence-electron chi connectivity index (χ4n) is 2.82. The molecule has 0 aliphatic rings. The van der Waals surface area contributed by atoms with Gasteiger partial charge in [0.2, 0.25) is 0 Å². The average molecular weight is 476 g/mol. The van der Waals surface area contributed by atoms with Crippen molar-refractivity contribution in [2.75, 3.05) is 34.0 Å². The number of carbonyl (C=O) groups excluding carboxylic acids is 2. The molecule has 0 bridgehead atoms. The molecule has 0 unspecified atom stereocenters. The summed E-state index contributed by atoms with van der Waals surface area (Å²) in [5.41, 5.74) is 0.832. The molecule has 9 nitrogen and oxygen atoms in total. The molecule has 180 valence electrons. The van der Waals surface area contributed by atoms with E-state index < -0.39 is 11.9 Å². The van der Waals surface area contributed by atoms with Crippen LogP contribution in [0.2, 0.25) is 0 Å². The summed E-state index contributed by atoms with van der Waals surface area (Å²) in [6.45, 7) is 2.93. The maximum atomic E-state index is 12.5. The van der Waals surface area contributed by atoms with Gasteiger partial charge >= 0.3 is 5.97 Å². The average Bonchev–Trinajstić information content (AvgIpc) is 2.87. The molecule has 0 aromatic heterocycles. The zero-order valence-corrected chi connectivity index (χ0v) is 19.7. The van der Waals surface area contributed by atoms with Crippen LogP contribution >= 0.6 is 0 Å². The first-order valence-electron chi connectivity index (χ1n) is 10.6. The number of benzene rings is 2. The van der Waals surface area contributed by atoms with E-state index in [-0.39, 0.29) is 23.4 Å². The van der Waals surface area contributed by atoms with Crippen LogP contribution in [-0.2, 0) is 14.3 Å². The third-order valence-corrected chi connectivity index (χ3v) is 4.50. The second-order valence-electron chi connectivity index (χ2n) is 6.89. The lowest BCUT2D eigenvalue weighted by Gasteiger charge is -2.10. The first-order valence-corrected chi connectivity index (χ1v) is 10.6. The third-order valence-electron chi connectivity index (χ3n) is 4.50. The van der Waals surface area contributed by atoms with Crippen LogP contribution in [0.4, 0.5) is 0 Å². The van der Waals surface area contributed by atoms with Gasteiger partial charge < -0.3 is 24.3 Å². The van der Waals surface area contributed by atoms with Gasteiger partial charge in [-0.15, -0.1) is 0 Å². The van der Waals surface area contributed by atoms with E-state index in [1.165, 1.54) is 38.5 Å². The summed E-state index contributed by atoms with van der Waals surface area (Å²) in [5.74, 6) is -0.136. The number of nitrogens with one attached hydrogen (secondary N) is 1. The molecule has 9 heteroatoms. The van der Waals surface area contributed by atoms with Crippen molar-refractivity contribution in [3.63, 3.8) is 0 Å². The van der Waals surface area contributed by atoms with Crippen LogP contribution in [0.5, 0.6) is 17.2 Å². The van der Waals surface area contributed by atoms with Gasteiger partial charge in [0, 0.05) is 13.7 Å². The van der Waals surface area contributed by atoms with Crippen LogP contribution < -0.4 is 19.5 Å². The van der Waals surface area contributed by atoms with Crippen molar-refractivity contribution in [2.45, 2.75) is 6.92 Å². The maximum absolute atomic E-state index is 12.5. The molecule has 0 aliphatic carbocycles. The molecule has 0 spiro atoms. The number of nitriles is 2. The van der Waals surface area contributed by atoms with Gasteiger partial charge in [0.15, 0.2) is 11.5 Å². The van der Waals surface area contributed by atoms with Crippen molar-refractivity contribution >= 4 is 24.0 Å². The highest BCUT2D eigenvalue weighted by molar-refractivity contribution is 6.01. The van der Waals surface area contributed by atoms with E-state index in [1.807, 2.05) is 19.1 Å². The van der Waals surface area contributed by atoms with Gasteiger partial charge in [-0.25, -0.2) is 4.79 Å². The van der Waals surface area contributed by atoms with Crippen LogP contribution in [0, 0.1) is 22.7 Å². The maximum Gasteiger partial charge on any atom is 0.354 e. The summed E-state index contributed by atoms with van der Waals surface area (Å²) < 4.78 is 20.9. The largest absolute Gasteiger partial charge is 0.493 e. The standard InChI is InChI=1S/C26H25N3O6/c1-4-34-23-10-7-19(15-24(23)33-3)14-21(17-28)26(31)35-22-8-5-18(6-9-22)13-20(16-27)25(30)29-11-12-32-2/h5-10,13-15H,4,11-12H2,1-3H3,(H,29,30)/b20-13+,21-14+. The summed E-state index contributed by atoms with van der Waals surface area (Å²) in [6.07, 6.45) is 2.80. The molecule has 0 radical (unpaired) electrons. The minimum absolute atomic E-state index is 0.0775. The van der Waals surface area contributed by atoms with E-state index in [4.69, 9.17) is 18.9 Å².